The number of allylic oxidation sites excluding steroid dienone is 1. The van der Waals surface area contributed by atoms with Gasteiger partial charge in [0.1, 0.15) is 0 Å². The van der Waals surface area contributed by atoms with Crippen LogP contribution < -0.4 is 16.8 Å². The Hall–Kier alpha value is -0.910. The predicted molar refractivity (Wildman–Crippen MR) is 69.0 cm³/mol. The van der Waals surface area contributed by atoms with E-state index in [-0.39, 0.29) is 0 Å². The van der Waals surface area contributed by atoms with Crippen LogP contribution in [-0.4, -0.2) is 17.6 Å². The minimum Gasteiger partial charge on any atom is -0.478 e. The number of hydrazine groups is 2. The summed E-state index contributed by atoms with van der Waals surface area (Å²) in [7, 11) is 0. The molecular formula is C12H25N3O2. The van der Waals surface area contributed by atoms with Gasteiger partial charge in [0.2, 0.25) is 0 Å². The zero-order valence-electron chi connectivity index (χ0n) is 10.5. The fourth-order valence-electron chi connectivity index (χ4n) is 1.62. The van der Waals surface area contributed by atoms with E-state index < -0.39 is 5.97 Å². The molecule has 0 atom stereocenters. The van der Waals surface area contributed by atoms with E-state index in [0.29, 0.717) is 0 Å². The van der Waals surface area contributed by atoms with Gasteiger partial charge in [-0.1, -0.05) is 38.2 Å². The number of carboxylic acid groups (broad SMARTS) is 1. The number of unbranched alkanes of at least 4 members (excludes halogenated alkanes) is 7. The highest BCUT2D eigenvalue weighted by atomic mass is 16.4. The lowest BCUT2D eigenvalue weighted by Crippen LogP contribution is -2.38. The molecule has 0 spiro atoms. The van der Waals surface area contributed by atoms with E-state index in [0.717, 1.165) is 25.8 Å². The molecule has 0 fully saturated rings. The molecule has 0 saturated heterocycles. The third-order valence-corrected chi connectivity index (χ3v) is 2.54. The summed E-state index contributed by atoms with van der Waals surface area (Å²) in [4.78, 5) is 10.2. The second-order valence-corrected chi connectivity index (χ2v) is 4.08. The molecule has 0 radical (unpaired) electrons. The maximum absolute atomic E-state index is 10.2. The molecule has 0 aromatic carbocycles. The molecule has 0 saturated carbocycles. The molecule has 5 heteroatoms. The summed E-state index contributed by atoms with van der Waals surface area (Å²) in [5.74, 6) is 4.21. The topological polar surface area (TPSA) is 87.4 Å². The number of aliphatic carboxylic acids is 1. The Morgan fingerprint density at radius 3 is 2.24 bits per heavy atom. The zero-order chi connectivity index (χ0) is 12.8. The molecule has 0 aliphatic carbocycles. The fourth-order valence-corrected chi connectivity index (χ4v) is 1.62. The largest absolute Gasteiger partial charge is 0.478 e. The van der Waals surface area contributed by atoms with Crippen LogP contribution in [0.4, 0.5) is 0 Å². The van der Waals surface area contributed by atoms with Crippen molar-refractivity contribution in [2.75, 3.05) is 6.54 Å². The highest BCUT2D eigenvalue weighted by Gasteiger charge is 1.91. The van der Waals surface area contributed by atoms with E-state index in [4.69, 9.17) is 10.9 Å². The van der Waals surface area contributed by atoms with Crippen LogP contribution in [0.2, 0.25) is 0 Å². The summed E-state index contributed by atoms with van der Waals surface area (Å²) in [6.07, 6.45) is 12.2. The Morgan fingerprint density at radius 1 is 1.06 bits per heavy atom. The van der Waals surface area contributed by atoms with Crippen molar-refractivity contribution in [3.05, 3.63) is 12.2 Å². The van der Waals surface area contributed by atoms with Crippen molar-refractivity contribution in [2.45, 2.75) is 51.4 Å². The Balaban J connectivity index is 3.01. The van der Waals surface area contributed by atoms with E-state index in [1.807, 2.05) is 0 Å². The number of nitrogens with two attached hydrogens (primary N) is 1. The monoisotopic (exact) mass is 243 g/mol. The molecule has 0 aromatic heterocycles. The summed E-state index contributed by atoms with van der Waals surface area (Å²) >= 11 is 0. The highest BCUT2D eigenvalue weighted by molar-refractivity contribution is 5.79. The number of nitrogens with one attached hydrogen (secondary N) is 2. The maximum Gasteiger partial charge on any atom is 0.327 e. The number of hydrogen-bond donors (Lipinski definition) is 4. The molecule has 5 nitrogen and oxygen atoms in total. The lowest BCUT2D eigenvalue weighted by atomic mass is 10.1. The number of rotatable bonds is 12. The van der Waals surface area contributed by atoms with Crippen molar-refractivity contribution >= 4 is 5.97 Å². The Labute approximate surface area is 103 Å². The maximum atomic E-state index is 10.2. The molecule has 100 valence electrons. The minimum absolute atomic E-state index is 0.856. The molecule has 5 N–H and O–H groups in total. The SMILES string of the molecule is NNNCCCCCCCCCC=CC(=O)O. The summed E-state index contributed by atoms with van der Waals surface area (Å²) in [6, 6.07) is 0. The van der Waals surface area contributed by atoms with Crippen LogP contribution in [-0.2, 0) is 4.79 Å². The van der Waals surface area contributed by atoms with Crippen molar-refractivity contribution in [3.63, 3.8) is 0 Å². The normalized spacial score (nSPS) is 11.1. The number of hydrogen-bond acceptors (Lipinski definition) is 4. The van der Waals surface area contributed by atoms with E-state index in [2.05, 4.69) is 11.0 Å². The van der Waals surface area contributed by atoms with Crippen LogP contribution in [0.5, 0.6) is 0 Å². The van der Waals surface area contributed by atoms with Crippen molar-refractivity contribution in [3.8, 4) is 0 Å². The van der Waals surface area contributed by atoms with E-state index >= 15 is 0 Å². The molecule has 0 rings (SSSR count). The quantitative estimate of drug-likeness (QED) is 0.181. The summed E-state index contributed by atoms with van der Waals surface area (Å²) in [6.45, 7) is 0.913. The van der Waals surface area contributed by atoms with Gasteiger partial charge >= 0.3 is 5.97 Å². The third-order valence-electron chi connectivity index (χ3n) is 2.54. The van der Waals surface area contributed by atoms with Gasteiger partial charge in [-0.2, -0.15) is 5.53 Å². The second kappa shape index (κ2) is 13.2. The fraction of sp³-hybridized carbons (Fsp3) is 0.750. The van der Waals surface area contributed by atoms with Crippen LogP contribution in [0.3, 0.4) is 0 Å². The number of carboxylic acids is 1. The Morgan fingerprint density at radius 2 is 1.65 bits per heavy atom. The minimum atomic E-state index is -0.856. The van der Waals surface area contributed by atoms with Gasteiger partial charge in [0.25, 0.3) is 0 Å². The van der Waals surface area contributed by atoms with Crippen molar-refractivity contribution in [1.29, 1.82) is 0 Å². The smallest absolute Gasteiger partial charge is 0.327 e. The van der Waals surface area contributed by atoms with Crippen molar-refractivity contribution in [1.82, 2.24) is 11.0 Å². The summed E-state index contributed by atoms with van der Waals surface area (Å²) < 4.78 is 0. The van der Waals surface area contributed by atoms with Gasteiger partial charge in [0, 0.05) is 12.6 Å². The first-order valence-electron chi connectivity index (χ1n) is 6.35. The lowest BCUT2D eigenvalue weighted by Gasteiger charge is -2.02. The molecule has 0 aliphatic rings. The second-order valence-electron chi connectivity index (χ2n) is 4.08. The molecular weight excluding hydrogens is 218 g/mol. The van der Waals surface area contributed by atoms with Gasteiger partial charge in [-0.05, 0) is 19.3 Å². The molecule has 0 unspecified atom stereocenters. The highest BCUT2D eigenvalue weighted by Crippen LogP contribution is 2.08. The molecule has 0 amide bonds. The predicted octanol–water partition coefficient (Wildman–Crippen LogP) is 1.72. The van der Waals surface area contributed by atoms with E-state index in [1.165, 1.54) is 38.2 Å². The number of carbonyl (C=O) groups is 1. The first kappa shape index (κ1) is 16.1. The third kappa shape index (κ3) is 15.1. The van der Waals surface area contributed by atoms with Gasteiger partial charge in [-0.3, -0.25) is 5.84 Å². The molecule has 17 heavy (non-hydrogen) atoms. The van der Waals surface area contributed by atoms with Crippen LogP contribution in [0.1, 0.15) is 51.4 Å². The van der Waals surface area contributed by atoms with Crippen LogP contribution in [0.15, 0.2) is 12.2 Å². The van der Waals surface area contributed by atoms with E-state index in [1.54, 1.807) is 6.08 Å². The first-order chi connectivity index (χ1) is 8.27. The first-order valence-corrected chi connectivity index (χ1v) is 6.35. The molecule has 0 heterocycles. The average molecular weight is 243 g/mol. The van der Waals surface area contributed by atoms with Gasteiger partial charge in [-0.25, -0.2) is 10.2 Å². The summed E-state index contributed by atoms with van der Waals surface area (Å²) in [5.41, 5.74) is 5.26. The van der Waals surface area contributed by atoms with Crippen molar-refractivity contribution < 1.29 is 9.90 Å². The van der Waals surface area contributed by atoms with Crippen LogP contribution in [0, 0.1) is 0 Å². The zero-order valence-corrected chi connectivity index (χ0v) is 10.5. The van der Waals surface area contributed by atoms with Crippen LogP contribution in [0.25, 0.3) is 0 Å². The van der Waals surface area contributed by atoms with Gasteiger partial charge in [0.15, 0.2) is 0 Å². The summed E-state index contributed by atoms with van der Waals surface area (Å²) in [5, 5.41) is 8.37. The van der Waals surface area contributed by atoms with Gasteiger partial charge < -0.3 is 5.11 Å². The molecule has 0 aliphatic heterocycles. The molecule has 0 aromatic rings. The Kier molecular flexibility index (Phi) is 12.5. The standard InChI is InChI=1S/C12H25N3O2/c13-15-14-11-9-7-5-3-1-2-4-6-8-10-12(16)17/h8,10,14-15H,1-7,9,11,13H2,(H,16,17). The van der Waals surface area contributed by atoms with Gasteiger partial charge in [0.05, 0.1) is 0 Å². The van der Waals surface area contributed by atoms with Crippen LogP contribution >= 0.6 is 0 Å². The van der Waals surface area contributed by atoms with Gasteiger partial charge in [-0.15, -0.1) is 0 Å². The Bertz CT molecular complexity index is 208. The lowest BCUT2D eigenvalue weighted by molar-refractivity contribution is -0.131. The average Bonchev–Trinajstić information content (AvgIpc) is 2.30. The molecule has 0 bridgehead atoms. The van der Waals surface area contributed by atoms with E-state index in [9.17, 15) is 4.79 Å². The van der Waals surface area contributed by atoms with Crippen molar-refractivity contribution in [2.24, 2.45) is 5.84 Å².